The zero-order valence-electron chi connectivity index (χ0n) is 11.3. The first-order valence-corrected chi connectivity index (χ1v) is 7.98. The van der Waals surface area contributed by atoms with Crippen molar-refractivity contribution in [1.82, 2.24) is 4.98 Å². The number of thioether (sulfide) groups is 1. The highest BCUT2D eigenvalue weighted by Crippen LogP contribution is 2.39. The summed E-state index contributed by atoms with van der Waals surface area (Å²) in [6.07, 6.45) is 0. The van der Waals surface area contributed by atoms with Gasteiger partial charge in [-0.3, -0.25) is 4.98 Å². The van der Waals surface area contributed by atoms with Crippen LogP contribution < -0.4 is 5.32 Å². The van der Waals surface area contributed by atoms with Gasteiger partial charge in [-0.1, -0.05) is 30.3 Å². The van der Waals surface area contributed by atoms with Crippen molar-refractivity contribution in [2.24, 2.45) is 0 Å². The van der Waals surface area contributed by atoms with Crippen LogP contribution in [0.3, 0.4) is 0 Å². The first-order valence-electron chi connectivity index (χ1n) is 6.83. The molecule has 0 unspecified atom stereocenters. The molecule has 0 bridgehead atoms. The van der Waals surface area contributed by atoms with Crippen molar-refractivity contribution in [2.75, 3.05) is 5.32 Å². The standard InChI is InChI=1S/C17H13FN2S/c18-13-6-2-4-8-15(13)20-17-11-5-1-3-7-14(11)19-16-10-21-9-12(16)17/h1-8H,9-10H2,(H,19,20). The number of para-hydroxylation sites is 2. The Kier molecular flexibility index (Phi) is 3.04. The Hall–Kier alpha value is -2.07. The van der Waals surface area contributed by atoms with Crippen molar-refractivity contribution >= 4 is 34.0 Å². The van der Waals surface area contributed by atoms with E-state index in [9.17, 15) is 4.39 Å². The first kappa shape index (κ1) is 12.7. The summed E-state index contributed by atoms with van der Waals surface area (Å²) in [6.45, 7) is 0. The molecule has 0 aliphatic carbocycles. The zero-order chi connectivity index (χ0) is 14.2. The molecule has 104 valence electrons. The van der Waals surface area contributed by atoms with E-state index in [-0.39, 0.29) is 5.82 Å². The van der Waals surface area contributed by atoms with E-state index in [1.54, 1.807) is 12.1 Å². The lowest BCUT2D eigenvalue weighted by Gasteiger charge is -2.14. The Labute approximate surface area is 126 Å². The number of benzene rings is 2. The Morgan fingerprint density at radius 1 is 1.00 bits per heavy atom. The topological polar surface area (TPSA) is 24.9 Å². The highest BCUT2D eigenvalue weighted by atomic mass is 32.2. The first-order chi connectivity index (χ1) is 10.3. The monoisotopic (exact) mass is 296 g/mol. The number of anilines is 2. The van der Waals surface area contributed by atoms with E-state index >= 15 is 0 Å². The summed E-state index contributed by atoms with van der Waals surface area (Å²) in [5.74, 6) is 1.61. The lowest BCUT2D eigenvalue weighted by Crippen LogP contribution is -2.01. The molecule has 0 radical (unpaired) electrons. The maximum absolute atomic E-state index is 13.9. The van der Waals surface area contributed by atoms with Crippen molar-refractivity contribution in [3.8, 4) is 0 Å². The van der Waals surface area contributed by atoms with Crippen LogP contribution in [0.4, 0.5) is 15.8 Å². The van der Waals surface area contributed by atoms with Gasteiger partial charge in [-0.15, -0.1) is 0 Å². The number of pyridine rings is 1. The summed E-state index contributed by atoms with van der Waals surface area (Å²) in [5, 5.41) is 4.33. The van der Waals surface area contributed by atoms with Crippen LogP contribution in [0, 0.1) is 5.82 Å². The normalized spacial score (nSPS) is 13.4. The predicted molar refractivity (Wildman–Crippen MR) is 86.4 cm³/mol. The molecule has 0 spiro atoms. The second-order valence-electron chi connectivity index (χ2n) is 5.03. The van der Waals surface area contributed by atoms with E-state index in [2.05, 4.69) is 5.32 Å². The minimum absolute atomic E-state index is 0.238. The Bertz CT molecular complexity index is 832. The molecule has 3 aromatic rings. The number of rotatable bonds is 2. The summed E-state index contributed by atoms with van der Waals surface area (Å²) < 4.78 is 13.9. The molecule has 1 aliphatic rings. The van der Waals surface area contributed by atoms with Gasteiger partial charge in [0.15, 0.2) is 0 Å². The largest absolute Gasteiger partial charge is 0.352 e. The van der Waals surface area contributed by atoms with E-state index in [4.69, 9.17) is 4.98 Å². The van der Waals surface area contributed by atoms with Crippen LogP contribution in [0.2, 0.25) is 0 Å². The molecule has 4 heteroatoms. The quantitative estimate of drug-likeness (QED) is 0.730. The van der Waals surface area contributed by atoms with Crippen molar-refractivity contribution in [1.29, 1.82) is 0 Å². The summed E-state index contributed by atoms with van der Waals surface area (Å²) >= 11 is 1.85. The fourth-order valence-electron chi connectivity index (χ4n) is 2.67. The van der Waals surface area contributed by atoms with Crippen LogP contribution in [0.5, 0.6) is 0 Å². The van der Waals surface area contributed by atoms with Crippen molar-refractivity contribution in [2.45, 2.75) is 11.5 Å². The highest BCUT2D eigenvalue weighted by Gasteiger charge is 2.20. The van der Waals surface area contributed by atoms with Crippen LogP contribution in [0.15, 0.2) is 48.5 Å². The molecule has 0 fully saturated rings. The number of nitrogens with one attached hydrogen (secondary N) is 1. The summed E-state index contributed by atoms with van der Waals surface area (Å²) in [6, 6.07) is 14.8. The maximum atomic E-state index is 13.9. The number of hydrogen-bond donors (Lipinski definition) is 1. The smallest absolute Gasteiger partial charge is 0.146 e. The van der Waals surface area contributed by atoms with E-state index in [1.165, 1.54) is 11.6 Å². The summed E-state index contributed by atoms with van der Waals surface area (Å²) in [5.41, 5.74) is 4.76. The molecule has 2 aromatic carbocycles. The highest BCUT2D eigenvalue weighted by molar-refractivity contribution is 7.98. The van der Waals surface area contributed by atoms with Crippen LogP contribution in [0.25, 0.3) is 10.9 Å². The number of nitrogens with zero attached hydrogens (tertiary/aromatic N) is 1. The second-order valence-corrected chi connectivity index (χ2v) is 6.01. The molecule has 0 atom stereocenters. The lowest BCUT2D eigenvalue weighted by molar-refractivity contribution is 0.632. The molecule has 2 heterocycles. The van der Waals surface area contributed by atoms with Gasteiger partial charge < -0.3 is 5.32 Å². The molecule has 4 rings (SSSR count). The average Bonchev–Trinajstić information content (AvgIpc) is 2.97. The van der Waals surface area contributed by atoms with Crippen LogP contribution in [0.1, 0.15) is 11.3 Å². The molecule has 0 saturated heterocycles. The molecular weight excluding hydrogens is 283 g/mol. The van der Waals surface area contributed by atoms with Crippen molar-refractivity contribution < 1.29 is 4.39 Å². The molecule has 1 N–H and O–H groups in total. The summed E-state index contributed by atoms with van der Waals surface area (Å²) in [7, 11) is 0. The van der Waals surface area contributed by atoms with Gasteiger partial charge in [0.25, 0.3) is 0 Å². The van der Waals surface area contributed by atoms with Gasteiger partial charge in [0.2, 0.25) is 0 Å². The van der Waals surface area contributed by atoms with Crippen LogP contribution >= 0.6 is 11.8 Å². The fraction of sp³-hybridized carbons (Fsp3) is 0.118. The predicted octanol–water partition coefficient (Wildman–Crippen LogP) is 4.86. The lowest BCUT2D eigenvalue weighted by atomic mass is 10.1. The van der Waals surface area contributed by atoms with Crippen molar-refractivity contribution in [3.05, 3.63) is 65.6 Å². The minimum atomic E-state index is -0.238. The van der Waals surface area contributed by atoms with Crippen LogP contribution in [-0.4, -0.2) is 4.98 Å². The van der Waals surface area contributed by atoms with E-state index in [1.807, 2.05) is 42.1 Å². The van der Waals surface area contributed by atoms with Crippen molar-refractivity contribution in [3.63, 3.8) is 0 Å². The Morgan fingerprint density at radius 2 is 1.81 bits per heavy atom. The SMILES string of the molecule is Fc1ccccc1Nc1c2c(nc3ccccc13)CSC2. The minimum Gasteiger partial charge on any atom is -0.352 e. The van der Waals surface area contributed by atoms with Gasteiger partial charge in [-0.2, -0.15) is 11.8 Å². The number of hydrogen-bond acceptors (Lipinski definition) is 3. The van der Waals surface area contributed by atoms with Gasteiger partial charge in [0.1, 0.15) is 5.82 Å². The van der Waals surface area contributed by atoms with E-state index in [0.29, 0.717) is 5.69 Å². The molecule has 1 aliphatic heterocycles. The third kappa shape index (κ3) is 2.16. The van der Waals surface area contributed by atoms with Gasteiger partial charge in [-0.05, 0) is 18.2 Å². The van der Waals surface area contributed by atoms with Gasteiger partial charge in [-0.25, -0.2) is 4.39 Å². The molecule has 1 aromatic heterocycles. The summed E-state index contributed by atoms with van der Waals surface area (Å²) in [4.78, 5) is 4.73. The maximum Gasteiger partial charge on any atom is 0.146 e. The Balaban J connectivity index is 1.93. The molecule has 0 amide bonds. The van der Waals surface area contributed by atoms with Crippen LogP contribution in [-0.2, 0) is 11.5 Å². The Morgan fingerprint density at radius 3 is 2.71 bits per heavy atom. The zero-order valence-corrected chi connectivity index (χ0v) is 12.1. The number of fused-ring (bicyclic) bond motifs is 2. The fourth-order valence-corrected chi connectivity index (χ4v) is 3.72. The molecule has 2 nitrogen and oxygen atoms in total. The van der Waals surface area contributed by atoms with Gasteiger partial charge in [0, 0.05) is 22.5 Å². The molecule has 21 heavy (non-hydrogen) atoms. The molecule has 0 saturated carbocycles. The number of halogens is 1. The van der Waals surface area contributed by atoms with Gasteiger partial charge in [0.05, 0.1) is 22.6 Å². The third-order valence-corrected chi connectivity index (χ3v) is 4.67. The average molecular weight is 296 g/mol. The van der Waals surface area contributed by atoms with E-state index in [0.717, 1.165) is 33.8 Å². The third-order valence-electron chi connectivity index (χ3n) is 3.70. The molecular formula is C17H13FN2S. The second kappa shape index (κ2) is 5.04. The van der Waals surface area contributed by atoms with E-state index < -0.39 is 0 Å². The number of aromatic nitrogens is 1. The van der Waals surface area contributed by atoms with Gasteiger partial charge >= 0.3 is 0 Å².